The van der Waals surface area contributed by atoms with Crippen molar-refractivity contribution in [2.45, 2.75) is 24.7 Å². The van der Waals surface area contributed by atoms with E-state index in [0.717, 1.165) is 18.5 Å². The van der Waals surface area contributed by atoms with Crippen molar-refractivity contribution in [3.05, 3.63) is 48.5 Å². The van der Waals surface area contributed by atoms with Crippen LogP contribution in [0.3, 0.4) is 0 Å². The van der Waals surface area contributed by atoms with Gasteiger partial charge in [0.15, 0.2) is 0 Å². The smallest absolute Gasteiger partial charge is 0.243 e. The summed E-state index contributed by atoms with van der Waals surface area (Å²) in [7, 11) is -3.51. The van der Waals surface area contributed by atoms with Crippen LogP contribution in [0.5, 0.6) is 5.75 Å². The SMILES string of the molecule is CCOc1ccccc1NCC(=O)Nc1cccc(S(=O)(=O)N2CCCC2)c1. The Morgan fingerprint density at radius 1 is 1.11 bits per heavy atom. The Kier molecular flexibility index (Phi) is 6.53. The van der Waals surface area contributed by atoms with Crippen LogP contribution in [-0.4, -0.2) is 44.9 Å². The number of carbonyl (C=O) groups excluding carboxylic acids is 1. The molecule has 0 bridgehead atoms. The van der Waals surface area contributed by atoms with E-state index >= 15 is 0 Å². The molecule has 3 rings (SSSR count). The molecular formula is C20H25N3O4S. The summed E-state index contributed by atoms with van der Waals surface area (Å²) < 4.78 is 32.3. The second-order valence-corrected chi connectivity index (χ2v) is 8.41. The van der Waals surface area contributed by atoms with Crippen LogP contribution in [-0.2, 0) is 14.8 Å². The Morgan fingerprint density at radius 3 is 2.61 bits per heavy atom. The molecule has 28 heavy (non-hydrogen) atoms. The zero-order chi connectivity index (χ0) is 20.0. The summed E-state index contributed by atoms with van der Waals surface area (Å²) in [5.41, 5.74) is 1.18. The minimum absolute atomic E-state index is 0.0349. The predicted molar refractivity (Wildman–Crippen MR) is 109 cm³/mol. The summed E-state index contributed by atoms with van der Waals surface area (Å²) >= 11 is 0. The third-order valence-electron chi connectivity index (χ3n) is 4.45. The van der Waals surface area contributed by atoms with Crippen molar-refractivity contribution in [2.24, 2.45) is 0 Å². The number of amides is 1. The molecule has 0 aliphatic carbocycles. The highest BCUT2D eigenvalue weighted by molar-refractivity contribution is 7.89. The minimum atomic E-state index is -3.51. The van der Waals surface area contributed by atoms with Gasteiger partial charge >= 0.3 is 0 Å². The monoisotopic (exact) mass is 403 g/mol. The Labute approximate surface area is 165 Å². The lowest BCUT2D eigenvalue weighted by Gasteiger charge is -2.16. The largest absolute Gasteiger partial charge is 0.492 e. The molecule has 0 radical (unpaired) electrons. The normalized spacial score (nSPS) is 14.6. The number of ether oxygens (including phenoxy) is 1. The molecule has 8 heteroatoms. The number of rotatable bonds is 8. The Balaban J connectivity index is 1.63. The Hall–Kier alpha value is -2.58. The second kappa shape index (κ2) is 9.07. The van der Waals surface area contributed by atoms with E-state index in [9.17, 15) is 13.2 Å². The highest BCUT2D eigenvalue weighted by Gasteiger charge is 2.27. The maximum atomic E-state index is 12.7. The summed E-state index contributed by atoms with van der Waals surface area (Å²) in [4.78, 5) is 12.5. The van der Waals surface area contributed by atoms with E-state index in [2.05, 4.69) is 10.6 Å². The third kappa shape index (κ3) is 4.82. The fraction of sp³-hybridized carbons (Fsp3) is 0.350. The highest BCUT2D eigenvalue weighted by atomic mass is 32.2. The average Bonchev–Trinajstić information content (AvgIpc) is 3.23. The number of para-hydroxylation sites is 2. The van der Waals surface area contributed by atoms with E-state index in [0.29, 0.717) is 31.1 Å². The van der Waals surface area contributed by atoms with Gasteiger partial charge in [0.2, 0.25) is 15.9 Å². The molecule has 2 aromatic rings. The number of nitrogens with zero attached hydrogens (tertiary/aromatic N) is 1. The number of hydrogen-bond acceptors (Lipinski definition) is 5. The van der Waals surface area contributed by atoms with E-state index < -0.39 is 10.0 Å². The Morgan fingerprint density at radius 2 is 1.86 bits per heavy atom. The van der Waals surface area contributed by atoms with Crippen molar-refractivity contribution in [2.75, 3.05) is 36.9 Å². The van der Waals surface area contributed by atoms with Crippen molar-refractivity contribution in [1.82, 2.24) is 4.31 Å². The lowest BCUT2D eigenvalue weighted by Crippen LogP contribution is -2.28. The van der Waals surface area contributed by atoms with Crippen LogP contribution >= 0.6 is 0 Å². The van der Waals surface area contributed by atoms with Gasteiger partial charge in [-0.1, -0.05) is 18.2 Å². The molecule has 1 aliphatic heterocycles. The molecule has 1 fully saturated rings. The van der Waals surface area contributed by atoms with E-state index in [-0.39, 0.29) is 17.3 Å². The lowest BCUT2D eigenvalue weighted by atomic mass is 10.3. The molecule has 150 valence electrons. The van der Waals surface area contributed by atoms with Gasteiger partial charge in [-0.15, -0.1) is 0 Å². The minimum Gasteiger partial charge on any atom is -0.492 e. The van der Waals surface area contributed by atoms with E-state index in [4.69, 9.17) is 4.74 Å². The van der Waals surface area contributed by atoms with Crippen molar-refractivity contribution in [3.63, 3.8) is 0 Å². The zero-order valence-electron chi connectivity index (χ0n) is 15.8. The number of anilines is 2. The average molecular weight is 404 g/mol. The summed E-state index contributed by atoms with van der Waals surface area (Å²) in [5, 5.41) is 5.79. The Bertz CT molecular complexity index is 925. The van der Waals surface area contributed by atoms with Crippen molar-refractivity contribution < 1.29 is 17.9 Å². The van der Waals surface area contributed by atoms with Crippen LogP contribution in [0.4, 0.5) is 11.4 Å². The summed E-state index contributed by atoms with van der Waals surface area (Å²) in [6, 6.07) is 13.8. The van der Waals surface area contributed by atoms with Gasteiger partial charge in [-0.25, -0.2) is 8.42 Å². The topological polar surface area (TPSA) is 87.7 Å². The van der Waals surface area contributed by atoms with Gasteiger partial charge in [0.1, 0.15) is 5.75 Å². The van der Waals surface area contributed by atoms with Crippen molar-refractivity contribution in [3.8, 4) is 5.75 Å². The van der Waals surface area contributed by atoms with Crippen LogP contribution in [0.1, 0.15) is 19.8 Å². The molecule has 0 aromatic heterocycles. The maximum absolute atomic E-state index is 12.7. The quantitative estimate of drug-likeness (QED) is 0.708. The van der Waals surface area contributed by atoms with Gasteiger partial charge in [0, 0.05) is 18.8 Å². The first-order valence-corrected chi connectivity index (χ1v) is 10.8. The van der Waals surface area contributed by atoms with E-state index in [1.54, 1.807) is 18.2 Å². The van der Waals surface area contributed by atoms with Gasteiger partial charge in [-0.05, 0) is 50.1 Å². The maximum Gasteiger partial charge on any atom is 0.243 e. The summed E-state index contributed by atoms with van der Waals surface area (Å²) in [5.74, 6) is 0.401. The van der Waals surface area contributed by atoms with Crippen LogP contribution in [0.2, 0.25) is 0 Å². The summed E-state index contributed by atoms with van der Waals surface area (Å²) in [6.07, 6.45) is 1.76. The van der Waals surface area contributed by atoms with Crippen LogP contribution < -0.4 is 15.4 Å². The number of sulfonamides is 1. The first-order chi connectivity index (χ1) is 13.5. The van der Waals surface area contributed by atoms with Gasteiger partial charge in [0.05, 0.1) is 23.7 Å². The van der Waals surface area contributed by atoms with Crippen LogP contribution in [0.15, 0.2) is 53.4 Å². The van der Waals surface area contributed by atoms with Gasteiger partial charge < -0.3 is 15.4 Å². The molecule has 1 saturated heterocycles. The van der Waals surface area contributed by atoms with E-state index in [1.807, 2.05) is 31.2 Å². The first-order valence-electron chi connectivity index (χ1n) is 9.36. The number of nitrogens with one attached hydrogen (secondary N) is 2. The number of hydrogen-bond donors (Lipinski definition) is 2. The lowest BCUT2D eigenvalue weighted by molar-refractivity contribution is -0.114. The van der Waals surface area contributed by atoms with Gasteiger partial charge in [0.25, 0.3) is 0 Å². The summed E-state index contributed by atoms with van der Waals surface area (Å²) in [6.45, 7) is 3.55. The molecule has 0 unspecified atom stereocenters. The molecule has 0 atom stereocenters. The molecule has 7 nitrogen and oxygen atoms in total. The number of benzene rings is 2. The standard InChI is InChI=1S/C20H25N3O4S/c1-2-27-19-11-4-3-10-18(19)21-15-20(24)22-16-8-7-9-17(14-16)28(25,26)23-12-5-6-13-23/h3-4,7-11,14,21H,2,5-6,12-13,15H2,1H3,(H,22,24). The fourth-order valence-corrected chi connectivity index (χ4v) is 4.65. The van der Waals surface area contributed by atoms with Gasteiger partial charge in [-0.2, -0.15) is 4.31 Å². The molecule has 2 N–H and O–H groups in total. The molecule has 2 aromatic carbocycles. The van der Waals surface area contributed by atoms with Crippen LogP contribution in [0.25, 0.3) is 0 Å². The molecule has 1 aliphatic rings. The molecule has 1 heterocycles. The molecular weight excluding hydrogens is 378 g/mol. The third-order valence-corrected chi connectivity index (χ3v) is 6.34. The predicted octanol–water partition coefficient (Wildman–Crippen LogP) is 2.92. The van der Waals surface area contributed by atoms with Crippen LogP contribution in [0, 0.1) is 0 Å². The molecule has 0 spiro atoms. The van der Waals surface area contributed by atoms with Crippen molar-refractivity contribution in [1.29, 1.82) is 0 Å². The second-order valence-electron chi connectivity index (χ2n) is 6.47. The first kappa shape index (κ1) is 20.2. The highest BCUT2D eigenvalue weighted by Crippen LogP contribution is 2.24. The molecule has 1 amide bonds. The van der Waals surface area contributed by atoms with Gasteiger partial charge in [-0.3, -0.25) is 4.79 Å². The zero-order valence-corrected chi connectivity index (χ0v) is 16.7. The van der Waals surface area contributed by atoms with Crippen molar-refractivity contribution >= 4 is 27.3 Å². The number of carbonyl (C=O) groups is 1. The fourth-order valence-electron chi connectivity index (χ4n) is 3.09. The van der Waals surface area contributed by atoms with E-state index in [1.165, 1.54) is 10.4 Å². The molecule has 0 saturated carbocycles.